The lowest BCUT2D eigenvalue weighted by atomic mass is 10.0. The molecule has 2 N–H and O–H groups in total. The number of amides is 2. The van der Waals surface area contributed by atoms with Gasteiger partial charge in [0.25, 0.3) is 0 Å². The first kappa shape index (κ1) is 27.9. The molecule has 4 rings (SSSR count). The summed E-state index contributed by atoms with van der Waals surface area (Å²) in [5, 5.41) is 10.1. The average molecular weight is 642 g/mol. The lowest BCUT2D eigenvalue weighted by Crippen LogP contribution is -2.29. The molecule has 38 heavy (non-hydrogen) atoms. The van der Waals surface area contributed by atoms with Crippen molar-refractivity contribution in [2.45, 2.75) is 25.7 Å². The molecule has 0 saturated carbocycles. The molecular weight excluding hydrogens is 612 g/mol. The quantitative estimate of drug-likeness (QED) is 0.188. The molecule has 0 heterocycles. The Kier molecular flexibility index (Phi) is 9.63. The fourth-order valence-corrected chi connectivity index (χ4v) is 5.35. The first-order valence-corrected chi connectivity index (χ1v) is 14.0. The van der Waals surface area contributed by atoms with Crippen molar-refractivity contribution in [3.05, 3.63) is 80.7 Å². The number of rotatable bonds is 11. The molecule has 0 saturated heterocycles. The monoisotopic (exact) mass is 640 g/mol. The van der Waals surface area contributed by atoms with Gasteiger partial charge >= 0.3 is 0 Å². The van der Waals surface area contributed by atoms with Gasteiger partial charge < -0.3 is 20.1 Å². The van der Waals surface area contributed by atoms with E-state index in [2.05, 4.69) is 42.5 Å². The lowest BCUT2D eigenvalue weighted by Gasteiger charge is -2.13. The van der Waals surface area contributed by atoms with E-state index in [-0.39, 0.29) is 24.7 Å². The van der Waals surface area contributed by atoms with E-state index >= 15 is 0 Å². The van der Waals surface area contributed by atoms with Crippen LogP contribution in [0.25, 0.3) is 21.5 Å². The Morgan fingerprint density at radius 2 is 1.08 bits per heavy atom. The highest BCUT2D eigenvalue weighted by Gasteiger charge is 2.14. The van der Waals surface area contributed by atoms with Gasteiger partial charge in [0.2, 0.25) is 11.8 Å². The Balaban J connectivity index is 1.24. The van der Waals surface area contributed by atoms with Gasteiger partial charge in [0.15, 0.2) is 0 Å². The van der Waals surface area contributed by atoms with Crippen molar-refractivity contribution in [3.63, 3.8) is 0 Å². The smallest absolute Gasteiger partial charge is 0.224 e. The first-order chi connectivity index (χ1) is 18.4. The number of unbranched alkanes of at least 4 members (excludes halogenated alkanes) is 1. The molecule has 0 aliphatic carbocycles. The summed E-state index contributed by atoms with van der Waals surface area (Å²) < 4.78 is 13.0. The molecule has 0 atom stereocenters. The molecule has 2 amide bonds. The molecule has 4 aromatic carbocycles. The molecule has 0 spiro atoms. The summed E-state index contributed by atoms with van der Waals surface area (Å²) in [6, 6.07) is 19.8. The number of ether oxygens (including phenoxy) is 2. The van der Waals surface area contributed by atoms with E-state index in [0.29, 0.717) is 24.6 Å². The van der Waals surface area contributed by atoms with Crippen molar-refractivity contribution >= 4 is 65.2 Å². The maximum Gasteiger partial charge on any atom is 0.224 e. The predicted molar refractivity (Wildman–Crippen MR) is 159 cm³/mol. The second-order valence-corrected chi connectivity index (χ2v) is 10.8. The molecule has 0 radical (unpaired) electrons. The maximum atomic E-state index is 12.7. The van der Waals surface area contributed by atoms with Crippen molar-refractivity contribution in [1.29, 1.82) is 0 Å². The van der Waals surface area contributed by atoms with Crippen LogP contribution in [-0.2, 0) is 22.4 Å². The van der Waals surface area contributed by atoms with Gasteiger partial charge in [0.05, 0.1) is 27.1 Å². The summed E-state index contributed by atoms with van der Waals surface area (Å²) in [7, 11) is 3.23. The molecular formula is C30H30Br2N2O4. The minimum atomic E-state index is -0.0579. The molecule has 0 fully saturated rings. The highest BCUT2D eigenvalue weighted by molar-refractivity contribution is 9.10. The molecule has 4 aromatic rings. The van der Waals surface area contributed by atoms with Gasteiger partial charge in [0, 0.05) is 33.2 Å². The summed E-state index contributed by atoms with van der Waals surface area (Å²) >= 11 is 7.00. The van der Waals surface area contributed by atoms with Gasteiger partial charge in [-0.25, -0.2) is 0 Å². The van der Waals surface area contributed by atoms with Crippen LogP contribution in [0, 0.1) is 0 Å². The maximum absolute atomic E-state index is 12.7. The molecule has 0 aromatic heterocycles. The third-order valence-corrected chi connectivity index (χ3v) is 7.45. The van der Waals surface area contributed by atoms with Gasteiger partial charge in [0.1, 0.15) is 11.5 Å². The van der Waals surface area contributed by atoms with Crippen LogP contribution in [0.3, 0.4) is 0 Å². The second-order valence-electron chi connectivity index (χ2n) is 8.98. The summed E-state index contributed by atoms with van der Waals surface area (Å²) in [6.07, 6.45) is 2.00. The third-order valence-electron chi connectivity index (χ3n) is 6.46. The van der Waals surface area contributed by atoms with Crippen molar-refractivity contribution in [2.75, 3.05) is 27.3 Å². The molecule has 0 bridgehead atoms. The molecule has 0 aliphatic heterocycles. The highest BCUT2D eigenvalue weighted by atomic mass is 79.9. The van der Waals surface area contributed by atoms with Gasteiger partial charge in [-0.3, -0.25) is 9.59 Å². The molecule has 198 valence electrons. The molecule has 8 heteroatoms. The highest BCUT2D eigenvalue weighted by Crippen LogP contribution is 2.31. The van der Waals surface area contributed by atoms with E-state index in [1.165, 1.54) is 0 Å². The zero-order valence-corrected chi connectivity index (χ0v) is 24.6. The third kappa shape index (κ3) is 6.85. The topological polar surface area (TPSA) is 76.7 Å². The largest absolute Gasteiger partial charge is 0.496 e. The van der Waals surface area contributed by atoms with Crippen LogP contribution in [0.2, 0.25) is 0 Å². The van der Waals surface area contributed by atoms with E-state index in [1.54, 1.807) is 14.2 Å². The van der Waals surface area contributed by atoms with Gasteiger partial charge in [-0.05, 0) is 70.8 Å². The number of methoxy groups -OCH3 is 2. The number of benzene rings is 4. The Bertz CT molecular complexity index is 1360. The number of carbonyl (C=O) groups is 2. The zero-order valence-electron chi connectivity index (χ0n) is 21.4. The zero-order chi connectivity index (χ0) is 27.1. The van der Waals surface area contributed by atoms with Crippen molar-refractivity contribution in [3.8, 4) is 11.5 Å². The summed E-state index contributed by atoms with van der Waals surface area (Å²) in [5.41, 5.74) is 1.75. The Hall–Kier alpha value is -3.10. The van der Waals surface area contributed by atoms with Gasteiger partial charge in [-0.2, -0.15) is 0 Å². The number of hydrogen-bond acceptors (Lipinski definition) is 4. The van der Waals surface area contributed by atoms with Crippen LogP contribution in [0.15, 0.2) is 69.6 Å². The average Bonchev–Trinajstić information content (AvgIpc) is 2.90. The molecule has 0 unspecified atom stereocenters. The minimum absolute atomic E-state index is 0.0579. The van der Waals surface area contributed by atoms with Crippen LogP contribution in [0.5, 0.6) is 11.5 Å². The second kappa shape index (κ2) is 13.1. The number of fused-ring (bicyclic) bond motifs is 2. The van der Waals surface area contributed by atoms with E-state index in [0.717, 1.165) is 54.5 Å². The predicted octanol–water partition coefficient (Wildman–Crippen LogP) is 6.33. The van der Waals surface area contributed by atoms with Crippen LogP contribution in [0.4, 0.5) is 0 Å². The SMILES string of the molecule is COc1ccc2cc(Br)ccc2c1CC(=O)NCCCCNC(=O)Cc1c(OC)ccc2cc(Br)ccc12. The standard InChI is InChI=1S/C30H30Br2N2O4/c1-37-27-11-5-19-15-21(31)7-9-23(19)25(27)17-29(35)33-13-3-4-14-34-30(36)18-26-24-10-8-22(32)16-20(24)6-12-28(26)38-2/h5-12,15-16H,3-4,13-14,17-18H2,1-2H3,(H,33,35)(H,34,36). The van der Waals surface area contributed by atoms with Gasteiger partial charge in [-0.15, -0.1) is 0 Å². The number of halogens is 2. The number of nitrogens with one attached hydrogen (secondary N) is 2. The fraction of sp³-hybridized carbons (Fsp3) is 0.267. The minimum Gasteiger partial charge on any atom is -0.496 e. The Labute approximate surface area is 239 Å². The first-order valence-electron chi connectivity index (χ1n) is 12.4. The van der Waals surface area contributed by atoms with E-state index in [1.807, 2.05) is 60.7 Å². The summed E-state index contributed by atoms with van der Waals surface area (Å²) in [6.45, 7) is 1.08. The van der Waals surface area contributed by atoms with Crippen molar-refractivity contribution in [1.82, 2.24) is 10.6 Å². The Morgan fingerprint density at radius 3 is 1.47 bits per heavy atom. The molecule has 6 nitrogen and oxygen atoms in total. The Morgan fingerprint density at radius 1 is 0.658 bits per heavy atom. The van der Waals surface area contributed by atoms with E-state index in [4.69, 9.17) is 9.47 Å². The van der Waals surface area contributed by atoms with Crippen LogP contribution >= 0.6 is 31.9 Å². The van der Waals surface area contributed by atoms with Crippen LogP contribution < -0.4 is 20.1 Å². The summed E-state index contributed by atoms with van der Waals surface area (Å²) in [5.74, 6) is 1.29. The normalized spacial score (nSPS) is 10.9. The molecule has 0 aliphatic rings. The van der Waals surface area contributed by atoms with Gasteiger partial charge in [-0.1, -0.05) is 56.1 Å². The van der Waals surface area contributed by atoms with Crippen LogP contribution in [0.1, 0.15) is 24.0 Å². The summed E-state index contributed by atoms with van der Waals surface area (Å²) in [4.78, 5) is 25.3. The fourth-order valence-electron chi connectivity index (χ4n) is 4.59. The number of carbonyl (C=O) groups excluding carboxylic acids is 2. The number of hydrogen-bond donors (Lipinski definition) is 2. The van der Waals surface area contributed by atoms with Crippen molar-refractivity contribution < 1.29 is 19.1 Å². The van der Waals surface area contributed by atoms with E-state index < -0.39 is 0 Å². The van der Waals surface area contributed by atoms with Crippen molar-refractivity contribution in [2.24, 2.45) is 0 Å². The van der Waals surface area contributed by atoms with E-state index in [9.17, 15) is 9.59 Å². The van der Waals surface area contributed by atoms with Crippen LogP contribution in [-0.4, -0.2) is 39.1 Å². The lowest BCUT2D eigenvalue weighted by molar-refractivity contribution is -0.121.